The standard InChI is InChI=1S/C23H21N5OS/c29-22(26-17-10-13-28(15-17)14-16-6-2-1-3-7-16)20-21(25-12-11-24-20)23-27-18-8-4-5-9-19(18)30-23/h1-9,11-12,17H,10,13-15H2,(H,26,29)/p+1/t17-/m0/s1. The molecule has 3 heterocycles. The van der Waals surface area contributed by atoms with Gasteiger partial charge in [0, 0.05) is 24.4 Å². The quantitative estimate of drug-likeness (QED) is 0.524. The summed E-state index contributed by atoms with van der Waals surface area (Å²) in [6, 6.07) is 18.6. The highest BCUT2D eigenvalue weighted by Gasteiger charge is 2.29. The zero-order chi connectivity index (χ0) is 20.3. The van der Waals surface area contributed by atoms with Crippen LogP contribution in [0.5, 0.6) is 0 Å². The Morgan fingerprint density at radius 3 is 2.73 bits per heavy atom. The van der Waals surface area contributed by atoms with E-state index in [0.29, 0.717) is 11.4 Å². The molecular weight excluding hydrogens is 394 g/mol. The van der Waals surface area contributed by atoms with Gasteiger partial charge in [-0.15, -0.1) is 11.3 Å². The fraction of sp³-hybridized carbons (Fsp3) is 0.217. The highest BCUT2D eigenvalue weighted by molar-refractivity contribution is 7.21. The average Bonchev–Trinajstić information content (AvgIpc) is 3.41. The first-order valence-corrected chi connectivity index (χ1v) is 10.9. The van der Waals surface area contributed by atoms with Crippen LogP contribution in [-0.2, 0) is 6.54 Å². The largest absolute Gasteiger partial charge is 0.342 e. The van der Waals surface area contributed by atoms with Crippen LogP contribution in [0, 0.1) is 0 Å². The van der Waals surface area contributed by atoms with Crippen molar-refractivity contribution in [3.63, 3.8) is 0 Å². The van der Waals surface area contributed by atoms with Crippen LogP contribution < -0.4 is 10.2 Å². The second-order valence-electron chi connectivity index (χ2n) is 7.57. The molecule has 1 unspecified atom stereocenters. The molecule has 150 valence electrons. The first kappa shape index (κ1) is 18.8. The number of nitrogens with one attached hydrogen (secondary N) is 2. The maximum Gasteiger partial charge on any atom is 0.272 e. The Labute approximate surface area is 178 Å². The molecule has 2 N–H and O–H groups in total. The molecule has 0 bridgehead atoms. The fourth-order valence-corrected chi connectivity index (χ4v) is 4.95. The molecule has 4 aromatic rings. The van der Waals surface area contributed by atoms with E-state index in [0.717, 1.165) is 41.3 Å². The zero-order valence-corrected chi connectivity index (χ0v) is 17.2. The molecule has 1 aliphatic rings. The van der Waals surface area contributed by atoms with Crippen LogP contribution >= 0.6 is 11.3 Å². The van der Waals surface area contributed by atoms with E-state index >= 15 is 0 Å². The van der Waals surface area contributed by atoms with E-state index < -0.39 is 0 Å². The van der Waals surface area contributed by atoms with Gasteiger partial charge in [-0.05, 0) is 12.1 Å². The molecule has 2 aromatic heterocycles. The van der Waals surface area contributed by atoms with Gasteiger partial charge in [-0.3, -0.25) is 4.79 Å². The summed E-state index contributed by atoms with van der Waals surface area (Å²) < 4.78 is 1.07. The van der Waals surface area contributed by atoms with Crippen molar-refractivity contribution in [2.45, 2.75) is 19.0 Å². The van der Waals surface area contributed by atoms with Gasteiger partial charge in [0.15, 0.2) is 5.69 Å². The van der Waals surface area contributed by atoms with Crippen LogP contribution in [0.3, 0.4) is 0 Å². The van der Waals surface area contributed by atoms with Crippen LogP contribution in [0.4, 0.5) is 0 Å². The lowest BCUT2D eigenvalue weighted by atomic mass is 10.2. The SMILES string of the molecule is O=C(N[C@H]1CC[NH+](Cc2ccccc2)C1)c1nccnc1-c1nc2ccccc2s1. The summed E-state index contributed by atoms with van der Waals surface area (Å²) in [6.07, 6.45) is 4.14. The zero-order valence-electron chi connectivity index (χ0n) is 16.4. The minimum Gasteiger partial charge on any atom is -0.342 e. The lowest BCUT2D eigenvalue weighted by Crippen LogP contribution is -3.09. The molecule has 5 rings (SSSR count). The van der Waals surface area contributed by atoms with Crippen LogP contribution in [-0.4, -0.2) is 40.0 Å². The fourth-order valence-electron chi connectivity index (χ4n) is 3.99. The van der Waals surface area contributed by atoms with E-state index in [-0.39, 0.29) is 11.9 Å². The van der Waals surface area contributed by atoms with Crippen LogP contribution in [0.25, 0.3) is 20.9 Å². The van der Waals surface area contributed by atoms with Gasteiger partial charge in [0.05, 0.1) is 29.3 Å². The first-order chi connectivity index (χ1) is 14.8. The molecule has 0 saturated carbocycles. The number of benzene rings is 2. The van der Waals surface area contributed by atoms with Gasteiger partial charge in [0.1, 0.15) is 17.2 Å². The number of quaternary nitrogens is 1. The second kappa shape index (κ2) is 8.30. The summed E-state index contributed by atoms with van der Waals surface area (Å²) in [5.74, 6) is -0.177. The molecule has 0 aliphatic carbocycles. The molecule has 0 spiro atoms. The molecule has 2 aromatic carbocycles. The van der Waals surface area contributed by atoms with Crippen molar-refractivity contribution in [2.75, 3.05) is 13.1 Å². The maximum absolute atomic E-state index is 13.0. The molecule has 1 fully saturated rings. The molecular formula is C23H22N5OS+. The van der Waals surface area contributed by atoms with Gasteiger partial charge in [0.25, 0.3) is 5.91 Å². The molecule has 30 heavy (non-hydrogen) atoms. The van der Waals surface area contributed by atoms with E-state index in [1.54, 1.807) is 12.4 Å². The van der Waals surface area contributed by atoms with Crippen molar-refractivity contribution in [3.8, 4) is 10.7 Å². The van der Waals surface area contributed by atoms with Gasteiger partial charge < -0.3 is 10.2 Å². The Balaban J connectivity index is 1.30. The predicted octanol–water partition coefficient (Wildman–Crippen LogP) is 2.34. The number of likely N-dealkylation sites (tertiary alicyclic amines) is 1. The first-order valence-electron chi connectivity index (χ1n) is 10.1. The summed E-state index contributed by atoms with van der Waals surface area (Å²) in [4.78, 5) is 27.9. The van der Waals surface area contributed by atoms with Crippen molar-refractivity contribution in [2.24, 2.45) is 0 Å². The second-order valence-corrected chi connectivity index (χ2v) is 8.60. The maximum atomic E-state index is 13.0. The van der Waals surface area contributed by atoms with Crippen molar-refractivity contribution in [1.29, 1.82) is 0 Å². The Morgan fingerprint density at radius 1 is 1.07 bits per heavy atom. The molecule has 7 heteroatoms. The normalized spacial score (nSPS) is 18.5. The minimum absolute atomic E-state index is 0.140. The van der Waals surface area contributed by atoms with Crippen LogP contribution in [0.2, 0.25) is 0 Å². The summed E-state index contributed by atoms with van der Waals surface area (Å²) in [5.41, 5.74) is 3.12. The van der Waals surface area contributed by atoms with Gasteiger partial charge in [-0.2, -0.15) is 0 Å². The number of hydrogen-bond donors (Lipinski definition) is 2. The number of aromatic nitrogens is 3. The molecule has 1 amide bonds. The number of nitrogens with zero attached hydrogens (tertiary/aromatic N) is 3. The molecule has 2 atom stereocenters. The summed E-state index contributed by atoms with van der Waals surface area (Å²) in [5, 5.41) is 3.89. The highest BCUT2D eigenvalue weighted by atomic mass is 32.1. The number of fused-ring (bicyclic) bond motifs is 1. The van der Waals surface area contributed by atoms with Crippen molar-refractivity contribution in [3.05, 3.63) is 78.2 Å². The molecule has 6 nitrogen and oxygen atoms in total. The number of carbonyl (C=O) groups excluding carboxylic acids is 1. The van der Waals surface area contributed by atoms with Gasteiger partial charge in [-0.25, -0.2) is 15.0 Å². The van der Waals surface area contributed by atoms with E-state index in [9.17, 15) is 4.79 Å². The lowest BCUT2D eigenvalue weighted by Gasteiger charge is -2.14. The van der Waals surface area contributed by atoms with Crippen LogP contribution in [0.1, 0.15) is 22.5 Å². The van der Waals surface area contributed by atoms with E-state index in [4.69, 9.17) is 0 Å². The monoisotopic (exact) mass is 416 g/mol. The summed E-state index contributed by atoms with van der Waals surface area (Å²) in [6.45, 7) is 2.94. The number of thiazole rings is 1. The molecule has 1 saturated heterocycles. The summed E-state index contributed by atoms with van der Waals surface area (Å²) >= 11 is 1.53. The number of hydrogen-bond acceptors (Lipinski definition) is 5. The van der Waals surface area contributed by atoms with Gasteiger partial charge >= 0.3 is 0 Å². The summed E-state index contributed by atoms with van der Waals surface area (Å²) in [7, 11) is 0. The predicted molar refractivity (Wildman–Crippen MR) is 117 cm³/mol. The van der Waals surface area contributed by atoms with Crippen molar-refractivity contribution < 1.29 is 9.69 Å². The van der Waals surface area contributed by atoms with Crippen molar-refractivity contribution >= 4 is 27.5 Å². The van der Waals surface area contributed by atoms with E-state index in [1.165, 1.54) is 21.8 Å². The van der Waals surface area contributed by atoms with E-state index in [1.807, 2.05) is 30.3 Å². The third kappa shape index (κ3) is 3.94. The van der Waals surface area contributed by atoms with E-state index in [2.05, 4.69) is 44.5 Å². The number of rotatable bonds is 5. The Hall–Kier alpha value is -3.16. The Kier molecular flexibility index (Phi) is 5.21. The average molecular weight is 417 g/mol. The van der Waals surface area contributed by atoms with Gasteiger partial charge in [0.2, 0.25) is 0 Å². The number of para-hydroxylation sites is 1. The Morgan fingerprint density at radius 2 is 1.87 bits per heavy atom. The lowest BCUT2D eigenvalue weighted by molar-refractivity contribution is -0.901. The number of amides is 1. The van der Waals surface area contributed by atoms with Crippen molar-refractivity contribution in [1.82, 2.24) is 20.3 Å². The highest BCUT2D eigenvalue weighted by Crippen LogP contribution is 2.30. The third-order valence-electron chi connectivity index (χ3n) is 5.42. The smallest absolute Gasteiger partial charge is 0.272 e. The molecule has 1 aliphatic heterocycles. The van der Waals surface area contributed by atoms with Gasteiger partial charge in [-0.1, -0.05) is 42.5 Å². The van der Waals surface area contributed by atoms with Crippen LogP contribution in [0.15, 0.2) is 67.0 Å². The topological polar surface area (TPSA) is 72.2 Å². The molecule has 0 radical (unpaired) electrons. The Bertz CT molecular complexity index is 1140. The number of carbonyl (C=O) groups is 1. The third-order valence-corrected chi connectivity index (χ3v) is 6.47. The minimum atomic E-state index is -0.177.